The molecule has 0 heterocycles. The summed E-state index contributed by atoms with van der Waals surface area (Å²) in [6, 6.07) is 20.6. The van der Waals surface area contributed by atoms with E-state index in [9.17, 15) is 9.59 Å². The minimum atomic E-state index is -0.226. The molecule has 0 saturated heterocycles. The number of hydrogen-bond acceptors (Lipinski definition) is 4. The zero-order chi connectivity index (χ0) is 25.5. The molecule has 3 aromatic rings. The van der Waals surface area contributed by atoms with Crippen LogP contribution in [0.3, 0.4) is 0 Å². The lowest BCUT2D eigenvalue weighted by molar-refractivity contribution is 0.102. The molecule has 4 rings (SSSR count). The summed E-state index contributed by atoms with van der Waals surface area (Å²) in [6.45, 7) is 1.78. The van der Waals surface area contributed by atoms with Gasteiger partial charge in [0, 0.05) is 30.9 Å². The number of fused-ring (bicyclic) bond motifs is 1. The predicted molar refractivity (Wildman–Crippen MR) is 146 cm³/mol. The van der Waals surface area contributed by atoms with Crippen molar-refractivity contribution < 1.29 is 9.59 Å². The Morgan fingerprint density at radius 2 is 1.56 bits per heavy atom. The van der Waals surface area contributed by atoms with Crippen molar-refractivity contribution in [2.24, 2.45) is 0 Å². The van der Waals surface area contributed by atoms with E-state index in [0.29, 0.717) is 30.0 Å². The van der Waals surface area contributed by atoms with Gasteiger partial charge in [0.2, 0.25) is 0 Å². The fourth-order valence-corrected chi connectivity index (χ4v) is 4.45. The Balaban J connectivity index is 1.45. The number of nitrogens with one attached hydrogen (secondary N) is 2. The highest BCUT2D eigenvalue weighted by atomic mass is 16.2. The second kappa shape index (κ2) is 11.7. The summed E-state index contributed by atoms with van der Waals surface area (Å²) in [4.78, 5) is 29.9. The molecule has 3 aromatic carbocycles. The summed E-state index contributed by atoms with van der Waals surface area (Å²) in [5.74, 6) is -0.226. The molecule has 0 radical (unpaired) electrons. The molecule has 0 fully saturated rings. The highest BCUT2D eigenvalue weighted by molar-refractivity contribution is 6.05. The fraction of sp³-hybridized carbons (Fsp3) is 0.310. The molecule has 7 heteroatoms. The quantitative estimate of drug-likeness (QED) is 0.392. The third-order valence-corrected chi connectivity index (χ3v) is 6.54. The third kappa shape index (κ3) is 6.43. The van der Waals surface area contributed by atoms with E-state index < -0.39 is 0 Å². The van der Waals surface area contributed by atoms with Gasteiger partial charge in [-0.05, 0) is 86.8 Å². The van der Waals surface area contributed by atoms with Crippen LogP contribution in [-0.4, -0.2) is 48.9 Å². The van der Waals surface area contributed by atoms with Crippen molar-refractivity contribution in [3.8, 4) is 0 Å². The maximum Gasteiger partial charge on any atom is 0.322 e. The molecule has 3 amide bonds. The Labute approximate surface area is 213 Å². The van der Waals surface area contributed by atoms with Crippen LogP contribution >= 0.6 is 0 Å². The lowest BCUT2D eigenvalue weighted by Gasteiger charge is -2.26. The number of carbonyl (C=O) groups is 2. The van der Waals surface area contributed by atoms with Gasteiger partial charge in [0.15, 0.2) is 0 Å². The topological polar surface area (TPSA) is 90.7 Å². The summed E-state index contributed by atoms with van der Waals surface area (Å²) in [5.41, 5.74) is 12.0. The molecular weight excluding hydrogens is 450 g/mol. The minimum Gasteiger partial charge on any atom is -0.397 e. The van der Waals surface area contributed by atoms with Crippen molar-refractivity contribution in [3.63, 3.8) is 0 Å². The molecule has 0 aromatic heterocycles. The zero-order valence-electron chi connectivity index (χ0n) is 21.1. The van der Waals surface area contributed by atoms with E-state index in [4.69, 9.17) is 5.73 Å². The monoisotopic (exact) mass is 485 g/mol. The SMILES string of the molecule is CN(C)CCN(Cc1ccc(C(=O)Nc2ccccc2N)cc1)C(=O)Nc1cccc2c1CCCC2. The van der Waals surface area contributed by atoms with E-state index >= 15 is 0 Å². The van der Waals surface area contributed by atoms with Crippen LogP contribution in [0.25, 0.3) is 0 Å². The molecular formula is C29H35N5O2. The van der Waals surface area contributed by atoms with Crippen LogP contribution in [0.1, 0.15) is 39.9 Å². The lowest BCUT2D eigenvalue weighted by Crippen LogP contribution is -2.39. The van der Waals surface area contributed by atoms with Crippen LogP contribution < -0.4 is 16.4 Å². The first-order valence-electron chi connectivity index (χ1n) is 12.5. The third-order valence-electron chi connectivity index (χ3n) is 6.54. The Morgan fingerprint density at radius 3 is 2.31 bits per heavy atom. The smallest absolute Gasteiger partial charge is 0.322 e. The molecule has 7 nitrogen and oxygen atoms in total. The average Bonchev–Trinajstić information content (AvgIpc) is 2.88. The van der Waals surface area contributed by atoms with Gasteiger partial charge in [-0.2, -0.15) is 0 Å². The Morgan fingerprint density at radius 1 is 0.833 bits per heavy atom. The number of anilines is 3. The average molecular weight is 486 g/mol. The number of likely N-dealkylation sites (N-methyl/N-ethyl adjacent to an activating group) is 1. The number of nitrogen functional groups attached to an aromatic ring is 1. The van der Waals surface area contributed by atoms with Crippen molar-refractivity contribution in [1.82, 2.24) is 9.80 Å². The first-order chi connectivity index (χ1) is 17.4. The number of para-hydroxylation sites is 2. The molecule has 0 unspecified atom stereocenters. The van der Waals surface area contributed by atoms with Gasteiger partial charge in [-0.1, -0.05) is 36.4 Å². The minimum absolute atomic E-state index is 0.114. The number of amides is 3. The number of hydrogen-bond donors (Lipinski definition) is 3. The van der Waals surface area contributed by atoms with Crippen LogP contribution in [0.15, 0.2) is 66.7 Å². The Kier molecular flexibility index (Phi) is 8.23. The maximum absolute atomic E-state index is 13.3. The number of benzene rings is 3. The van der Waals surface area contributed by atoms with E-state index in [1.54, 1.807) is 24.3 Å². The van der Waals surface area contributed by atoms with Gasteiger partial charge in [-0.3, -0.25) is 4.79 Å². The van der Waals surface area contributed by atoms with Crippen molar-refractivity contribution >= 4 is 29.0 Å². The molecule has 1 aliphatic rings. The van der Waals surface area contributed by atoms with Gasteiger partial charge in [-0.15, -0.1) is 0 Å². The number of aryl methyl sites for hydroxylation is 1. The second-order valence-corrected chi connectivity index (χ2v) is 9.54. The molecule has 36 heavy (non-hydrogen) atoms. The Hall–Kier alpha value is -3.84. The van der Waals surface area contributed by atoms with Gasteiger partial charge in [-0.25, -0.2) is 4.79 Å². The summed E-state index contributed by atoms with van der Waals surface area (Å²) >= 11 is 0. The number of nitrogens with zero attached hydrogens (tertiary/aromatic N) is 2. The van der Waals surface area contributed by atoms with Crippen molar-refractivity contribution in [3.05, 3.63) is 89.0 Å². The molecule has 0 spiro atoms. The first-order valence-corrected chi connectivity index (χ1v) is 12.5. The molecule has 0 atom stereocenters. The molecule has 0 aliphatic heterocycles. The van der Waals surface area contributed by atoms with Crippen LogP contribution in [-0.2, 0) is 19.4 Å². The van der Waals surface area contributed by atoms with E-state index in [0.717, 1.165) is 37.1 Å². The van der Waals surface area contributed by atoms with E-state index in [-0.39, 0.29) is 11.9 Å². The van der Waals surface area contributed by atoms with Crippen LogP contribution in [0, 0.1) is 0 Å². The van der Waals surface area contributed by atoms with Gasteiger partial charge < -0.3 is 26.2 Å². The van der Waals surface area contributed by atoms with Crippen LogP contribution in [0.5, 0.6) is 0 Å². The normalized spacial score (nSPS) is 12.6. The first kappa shape index (κ1) is 25.3. The van der Waals surface area contributed by atoms with Gasteiger partial charge in [0.1, 0.15) is 0 Å². The lowest BCUT2D eigenvalue weighted by atomic mass is 9.90. The standard InChI is InChI=1S/C29H35N5O2/c1-33(2)18-19-34(29(36)32-26-13-7-9-22-8-3-4-10-24(22)26)20-21-14-16-23(17-15-21)28(35)31-27-12-6-5-11-25(27)30/h5-7,9,11-17H,3-4,8,10,18-20,30H2,1-2H3,(H,31,35)(H,32,36). The number of rotatable bonds is 8. The largest absolute Gasteiger partial charge is 0.397 e. The number of urea groups is 1. The van der Waals surface area contributed by atoms with Gasteiger partial charge in [0.05, 0.1) is 11.4 Å². The Bertz CT molecular complexity index is 1210. The highest BCUT2D eigenvalue weighted by Gasteiger charge is 2.19. The summed E-state index contributed by atoms with van der Waals surface area (Å²) < 4.78 is 0. The molecule has 4 N–H and O–H groups in total. The predicted octanol–water partition coefficient (Wildman–Crippen LogP) is 5.00. The molecule has 188 valence electrons. The highest BCUT2D eigenvalue weighted by Crippen LogP contribution is 2.28. The second-order valence-electron chi connectivity index (χ2n) is 9.54. The fourth-order valence-electron chi connectivity index (χ4n) is 4.45. The van der Waals surface area contributed by atoms with E-state index in [1.807, 2.05) is 55.4 Å². The maximum atomic E-state index is 13.3. The molecule has 1 aliphatic carbocycles. The van der Waals surface area contributed by atoms with Crippen molar-refractivity contribution in [1.29, 1.82) is 0 Å². The summed E-state index contributed by atoms with van der Waals surface area (Å²) in [5, 5.41) is 6.01. The molecule has 0 saturated carbocycles. The molecule has 0 bridgehead atoms. The van der Waals surface area contributed by atoms with Gasteiger partial charge in [0.25, 0.3) is 5.91 Å². The van der Waals surface area contributed by atoms with Crippen LogP contribution in [0.4, 0.5) is 21.9 Å². The zero-order valence-corrected chi connectivity index (χ0v) is 21.1. The summed E-state index contributed by atoms with van der Waals surface area (Å²) in [7, 11) is 3.99. The summed E-state index contributed by atoms with van der Waals surface area (Å²) in [6.07, 6.45) is 4.43. The van der Waals surface area contributed by atoms with E-state index in [2.05, 4.69) is 21.6 Å². The van der Waals surface area contributed by atoms with Crippen molar-refractivity contribution in [2.45, 2.75) is 32.2 Å². The van der Waals surface area contributed by atoms with Crippen LogP contribution in [0.2, 0.25) is 0 Å². The van der Waals surface area contributed by atoms with Gasteiger partial charge >= 0.3 is 6.03 Å². The van der Waals surface area contributed by atoms with Crippen molar-refractivity contribution in [2.75, 3.05) is 43.6 Å². The number of nitrogens with two attached hydrogens (primary N) is 1. The van der Waals surface area contributed by atoms with E-state index in [1.165, 1.54) is 17.5 Å². The number of carbonyl (C=O) groups excluding carboxylic acids is 2.